The Kier molecular flexibility index (Phi) is 5.56. The summed E-state index contributed by atoms with van der Waals surface area (Å²) < 4.78 is 19.8. The van der Waals surface area contributed by atoms with Gasteiger partial charge in [0.25, 0.3) is 0 Å². The van der Waals surface area contributed by atoms with E-state index in [1.165, 1.54) is 14.2 Å². The fourth-order valence-corrected chi connectivity index (χ4v) is 1.59. The summed E-state index contributed by atoms with van der Waals surface area (Å²) in [5.74, 6) is 0. The lowest BCUT2D eigenvalue weighted by atomic mass is 9.99. The molecule has 1 saturated heterocycles. The summed E-state index contributed by atoms with van der Waals surface area (Å²) in [6.45, 7) is -0.464. The van der Waals surface area contributed by atoms with Gasteiger partial charge in [-0.2, -0.15) is 0 Å². The van der Waals surface area contributed by atoms with Gasteiger partial charge in [0.15, 0.2) is 6.29 Å². The van der Waals surface area contributed by atoms with Gasteiger partial charge >= 0.3 is 0 Å². The summed E-state index contributed by atoms with van der Waals surface area (Å²) in [6.07, 6.45) is -4.99. The number of hydrogen-bond donors (Lipinski definition) is 3. The Labute approximate surface area is 93.5 Å². The highest BCUT2D eigenvalue weighted by Gasteiger charge is 2.45. The molecule has 0 bridgehead atoms. The van der Waals surface area contributed by atoms with Crippen LogP contribution in [-0.4, -0.2) is 73.6 Å². The molecule has 0 aromatic rings. The zero-order chi connectivity index (χ0) is 12.1. The van der Waals surface area contributed by atoms with Crippen molar-refractivity contribution in [3.05, 3.63) is 0 Å². The van der Waals surface area contributed by atoms with Crippen molar-refractivity contribution in [2.75, 3.05) is 27.6 Å². The average molecular weight is 238 g/mol. The summed E-state index contributed by atoms with van der Waals surface area (Å²) >= 11 is 0. The van der Waals surface area contributed by atoms with E-state index >= 15 is 0 Å². The molecular weight excluding hydrogens is 220 g/mol. The molecule has 1 aliphatic rings. The number of methoxy groups -OCH3 is 2. The lowest BCUT2D eigenvalue weighted by Gasteiger charge is -2.41. The van der Waals surface area contributed by atoms with Crippen molar-refractivity contribution in [2.24, 2.45) is 0 Å². The van der Waals surface area contributed by atoms with Gasteiger partial charge in [0, 0.05) is 14.2 Å². The molecule has 0 aromatic heterocycles. The van der Waals surface area contributed by atoms with Gasteiger partial charge in [-0.05, 0) is 0 Å². The Balaban J connectivity index is 2.67. The van der Waals surface area contributed by atoms with E-state index in [4.69, 9.17) is 24.1 Å². The van der Waals surface area contributed by atoms with Gasteiger partial charge in [-0.15, -0.1) is 0 Å². The molecule has 1 heterocycles. The molecule has 1 fully saturated rings. The second kappa shape index (κ2) is 6.45. The monoisotopic (exact) mass is 238 g/mol. The highest BCUT2D eigenvalue weighted by atomic mass is 16.7. The molecule has 16 heavy (non-hydrogen) atoms. The molecule has 7 heteroatoms. The first-order chi connectivity index (χ1) is 7.65. The molecule has 7 nitrogen and oxygen atoms in total. The minimum absolute atomic E-state index is 0.0760. The molecule has 0 spiro atoms. The molecule has 96 valence electrons. The van der Waals surface area contributed by atoms with Crippen LogP contribution in [0.4, 0.5) is 0 Å². The van der Waals surface area contributed by atoms with Crippen LogP contribution in [0.2, 0.25) is 0 Å². The maximum absolute atomic E-state index is 9.77. The van der Waals surface area contributed by atoms with Crippen molar-refractivity contribution in [1.29, 1.82) is 0 Å². The van der Waals surface area contributed by atoms with E-state index in [2.05, 4.69) is 0 Å². The van der Waals surface area contributed by atoms with E-state index in [9.17, 15) is 10.2 Å². The molecule has 0 aliphatic carbocycles. The van der Waals surface area contributed by atoms with Crippen LogP contribution in [0.3, 0.4) is 0 Å². The maximum atomic E-state index is 9.77. The Morgan fingerprint density at radius 2 is 1.88 bits per heavy atom. The quantitative estimate of drug-likeness (QED) is 0.479. The lowest BCUT2D eigenvalue weighted by Crippen LogP contribution is -2.60. The van der Waals surface area contributed by atoms with Crippen LogP contribution < -0.4 is 0 Å². The van der Waals surface area contributed by atoms with Gasteiger partial charge in [-0.3, -0.25) is 0 Å². The van der Waals surface area contributed by atoms with Crippen LogP contribution in [0.25, 0.3) is 0 Å². The molecule has 0 unspecified atom stereocenters. The smallest absolute Gasteiger partial charge is 0.186 e. The standard InChI is InChI=1S/C9H18O7/c1-13-4-15-8-6(11)5(3-10)16-9(14-2)7(8)12/h5-12H,3-4H2,1-2H3/t5-,6-,7+,8+,9+/m1/s1. The predicted octanol–water partition coefficient (Wildman–Crippen LogP) is -1.94. The van der Waals surface area contributed by atoms with E-state index in [1.807, 2.05) is 0 Å². The summed E-state index contributed by atoms with van der Waals surface area (Å²) in [7, 11) is 2.78. The average Bonchev–Trinajstić information content (AvgIpc) is 2.29. The van der Waals surface area contributed by atoms with Crippen molar-refractivity contribution in [3.8, 4) is 0 Å². The Hall–Kier alpha value is -0.280. The molecule has 1 aliphatic heterocycles. The fraction of sp³-hybridized carbons (Fsp3) is 1.00. The van der Waals surface area contributed by atoms with Gasteiger partial charge in [0.2, 0.25) is 0 Å². The largest absolute Gasteiger partial charge is 0.394 e. The summed E-state index contributed by atoms with van der Waals surface area (Å²) in [5, 5.41) is 28.5. The van der Waals surface area contributed by atoms with E-state index < -0.39 is 30.7 Å². The fourth-order valence-electron chi connectivity index (χ4n) is 1.59. The third-order valence-electron chi connectivity index (χ3n) is 2.43. The maximum Gasteiger partial charge on any atom is 0.186 e. The first kappa shape index (κ1) is 13.8. The molecule has 0 aromatic carbocycles. The topological polar surface area (TPSA) is 97.6 Å². The first-order valence-electron chi connectivity index (χ1n) is 4.91. The highest BCUT2D eigenvalue weighted by Crippen LogP contribution is 2.23. The molecular formula is C9H18O7. The van der Waals surface area contributed by atoms with Gasteiger partial charge < -0.3 is 34.3 Å². The van der Waals surface area contributed by atoms with Crippen LogP contribution >= 0.6 is 0 Å². The third-order valence-corrected chi connectivity index (χ3v) is 2.43. The molecule has 0 amide bonds. The van der Waals surface area contributed by atoms with Crippen LogP contribution in [-0.2, 0) is 18.9 Å². The number of hydrogen-bond acceptors (Lipinski definition) is 7. The van der Waals surface area contributed by atoms with Gasteiger partial charge in [0.1, 0.15) is 31.2 Å². The Bertz CT molecular complexity index is 184. The third kappa shape index (κ3) is 2.89. The van der Waals surface area contributed by atoms with Crippen molar-refractivity contribution in [2.45, 2.75) is 30.7 Å². The molecule has 0 radical (unpaired) electrons. The number of aliphatic hydroxyl groups excluding tert-OH is 3. The van der Waals surface area contributed by atoms with E-state index in [-0.39, 0.29) is 13.4 Å². The van der Waals surface area contributed by atoms with Gasteiger partial charge in [-0.1, -0.05) is 0 Å². The normalized spacial score (nSPS) is 39.9. The van der Waals surface area contributed by atoms with Crippen molar-refractivity contribution < 1.29 is 34.3 Å². The Morgan fingerprint density at radius 1 is 1.19 bits per heavy atom. The summed E-state index contributed by atoms with van der Waals surface area (Å²) in [5.41, 5.74) is 0. The van der Waals surface area contributed by atoms with E-state index in [1.54, 1.807) is 0 Å². The lowest BCUT2D eigenvalue weighted by molar-refractivity contribution is -0.309. The SMILES string of the molecule is COCO[C@@H]1[C@H](O)[C@@H](OC)O[C@H](CO)[C@H]1O. The van der Waals surface area contributed by atoms with Crippen molar-refractivity contribution in [3.63, 3.8) is 0 Å². The van der Waals surface area contributed by atoms with Crippen molar-refractivity contribution >= 4 is 0 Å². The minimum atomic E-state index is -1.14. The molecule has 1 rings (SSSR count). The number of aliphatic hydroxyl groups is 3. The second-order valence-corrected chi connectivity index (χ2v) is 3.48. The summed E-state index contributed by atoms with van der Waals surface area (Å²) in [6, 6.07) is 0. The van der Waals surface area contributed by atoms with E-state index in [0.717, 1.165) is 0 Å². The second-order valence-electron chi connectivity index (χ2n) is 3.48. The summed E-state index contributed by atoms with van der Waals surface area (Å²) in [4.78, 5) is 0. The van der Waals surface area contributed by atoms with Crippen molar-refractivity contribution in [1.82, 2.24) is 0 Å². The van der Waals surface area contributed by atoms with Gasteiger partial charge in [-0.25, -0.2) is 0 Å². The first-order valence-corrected chi connectivity index (χ1v) is 4.91. The molecule has 3 N–H and O–H groups in total. The number of ether oxygens (including phenoxy) is 4. The predicted molar refractivity (Wildman–Crippen MR) is 51.5 cm³/mol. The zero-order valence-electron chi connectivity index (χ0n) is 9.28. The highest BCUT2D eigenvalue weighted by molar-refractivity contribution is 4.89. The molecule has 5 atom stereocenters. The van der Waals surface area contributed by atoms with Gasteiger partial charge in [0.05, 0.1) is 6.61 Å². The number of rotatable bonds is 5. The zero-order valence-corrected chi connectivity index (χ0v) is 9.28. The van der Waals surface area contributed by atoms with Crippen LogP contribution in [0.5, 0.6) is 0 Å². The van der Waals surface area contributed by atoms with Crippen LogP contribution in [0.15, 0.2) is 0 Å². The van der Waals surface area contributed by atoms with E-state index in [0.29, 0.717) is 0 Å². The van der Waals surface area contributed by atoms with Crippen LogP contribution in [0.1, 0.15) is 0 Å². The molecule has 0 saturated carbocycles. The minimum Gasteiger partial charge on any atom is -0.394 e. The Morgan fingerprint density at radius 3 is 2.38 bits per heavy atom. The van der Waals surface area contributed by atoms with Crippen LogP contribution in [0, 0.1) is 0 Å².